The van der Waals surface area contributed by atoms with E-state index >= 15 is 0 Å². The van der Waals surface area contributed by atoms with E-state index < -0.39 is 21.7 Å². The second-order valence-electron chi connectivity index (χ2n) is 7.54. The fraction of sp³-hybridized carbons (Fsp3) is 0.273. The maximum absolute atomic E-state index is 13.9. The molecule has 0 saturated carbocycles. The summed E-state index contributed by atoms with van der Waals surface area (Å²) in [6.45, 7) is 2.19. The number of nitrogens with two attached hydrogens (primary N) is 1. The minimum atomic E-state index is -2.36. The van der Waals surface area contributed by atoms with Gasteiger partial charge in [-0.3, -0.25) is 0 Å². The zero-order valence-electron chi connectivity index (χ0n) is 17.9. The van der Waals surface area contributed by atoms with E-state index in [2.05, 4.69) is 14.3 Å². The monoisotopic (exact) mass is 458 g/mol. The first kappa shape index (κ1) is 21.8. The van der Waals surface area contributed by atoms with Crippen LogP contribution in [0.2, 0.25) is 0 Å². The maximum Gasteiger partial charge on any atom is 0.258 e. The number of hydrogen-bond acceptors (Lipinski definition) is 8. The highest BCUT2D eigenvalue weighted by Crippen LogP contribution is 2.36. The number of anilines is 1. The minimum absolute atomic E-state index is 0.0859. The van der Waals surface area contributed by atoms with E-state index in [4.69, 9.17) is 19.9 Å². The number of benzene rings is 2. The Morgan fingerprint density at radius 1 is 1.12 bits per heavy atom. The maximum atomic E-state index is 13.9. The molecule has 10 heteroatoms. The van der Waals surface area contributed by atoms with E-state index in [-0.39, 0.29) is 24.9 Å². The quantitative estimate of drug-likeness (QED) is 0.584. The third kappa shape index (κ3) is 4.91. The predicted molar refractivity (Wildman–Crippen MR) is 120 cm³/mol. The average molecular weight is 459 g/mol. The molecule has 0 unspecified atom stereocenters. The molecule has 1 aliphatic rings. The van der Waals surface area contributed by atoms with Crippen molar-refractivity contribution in [3.05, 3.63) is 54.0 Å². The Morgan fingerprint density at radius 3 is 2.59 bits per heavy atom. The van der Waals surface area contributed by atoms with Crippen LogP contribution in [0.15, 0.2) is 47.0 Å². The first-order valence-corrected chi connectivity index (χ1v) is 12.2. The number of hydrogen-bond donors (Lipinski definition) is 1. The summed E-state index contributed by atoms with van der Waals surface area (Å²) in [5.41, 5.74) is 8.04. The Labute approximate surface area is 185 Å². The number of nitrogens with zero attached hydrogens (tertiary/aromatic N) is 3. The molecule has 168 valence electrons. The molecule has 3 aromatic rings. The average Bonchev–Trinajstić information content (AvgIpc) is 2.73. The summed E-state index contributed by atoms with van der Waals surface area (Å²) in [4.78, 5) is 8.73. The number of ether oxygens (including phenoxy) is 3. The highest BCUT2D eigenvalue weighted by molar-refractivity contribution is 7.92. The van der Waals surface area contributed by atoms with Crippen molar-refractivity contribution in [2.24, 2.45) is 4.36 Å². The largest absolute Gasteiger partial charge is 0.490 e. The number of aromatic nitrogens is 2. The molecule has 1 aromatic heterocycles. The summed E-state index contributed by atoms with van der Waals surface area (Å²) in [6, 6.07) is 9.38. The van der Waals surface area contributed by atoms with Crippen molar-refractivity contribution in [3.8, 4) is 28.6 Å². The molecule has 2 heterocycles. The summed E-state index contributed by atoms with van der Waals surface area (Å²) in [5, 5.41) is 0. The van der Waals surface area contributed by atoms with Crippen LogP contribution < -0.4 is 19.9 Å². The third-order valence-corrected chi connectivity index (χ3v) is 5.28. The number of halogens is 1. The van der Waals surface area contributed by atoms with Crippen molar-refractivity contribution in [1.29, 1.82) is 0 Å². The number of rotatable bonds is 1. The zero-order valence-corrected chi connectivity index (χ0v) is 18.7. The minimum Gasteiger partial charge on any atom is -0.490 e. The van der Waals surface area contributed by atoms with Crippen LogP contribution in [0, 0.1) is 5.82 Å². The van der Waals surface area contributed by atoms with Crippen LogP contribution in [-0.4, -0.2) is 39.9 Å². The Balaban J connectivity index is 1.84. The summed E-state index contributed by atoms with van der Waals surface area (Å²) >= 11 is 0. The van der Waals surface area contributed by atoms with Crippen LogP contribution in [0.25, 0.3) is 11.3 Å². The van der Waals surface area contributed by atoms with E-state index in [0.29, 0.717) is 34.0 Å². The van der Waals surface area contributed by atoms with Crippen LogP contribution in [0.5, 0.6) is 17.4 Å². The van der Waals surface area contributed by atoms with Gasteiger partial charge >= 0.3 is 0 Å². The van der Waals surface area contributed by atoms with Crippen molar-refractivity contribution < 1.29 is 22.8 Å². The van der Waals surface area contributed by atoms with Crippen molar-refractivity contribution >= 4 is 21.2 Å². The Hall–Kier alpha value is -3.40. The van der Waals surface area contributed by atoms with Gasteiger partial charge in [-0.25, -0.2) is 18.6 Å². The molecule has 2 N–H and O–H groups in total. The smallest absolute Gasteiger partial charge is 0.258 e. The van der Waals surface area contributed by atoms with Gasteiger partial charge in [0.1, 0.15) is 36.6 Å². The van der Waals surface area contributed by atoms with Gasteiger partial charge in [-0.1, -0.05) is 0 Å². The first-order valence-electron chi connectivity index (χ1n) is 9.85. The Kier molecular flexibility index (Phi) is 5.88. The van der Waals surface area contributed by atoms with E-state index in [1.165, 1.54) is 18.3 Å². The third-order valence-electron chi connectivity index (χ3n) is 4.63. The van der Waals surface area contributed by atoms with Crippen molar-refractivity contribution in [1.82, 2.24) is 9.97 Å². The Morgan fingerprint density at radius 2 is 1.84 bits per heavy atom. The van der Waals surface area contributed by atoms with Gasteiger partial charge in [0.15, 0.2) is 5.82 Å². The highest BCUT2D eigenvalue weighted by atomic mass is 32.2. The Bertz CT molecular complexity index is 1280. The molecule has 0 fully saturated rings. The lowest BCUT2D eigenvalue weighted by Crippen LogP contribution is -2.12. The van der Waals surface area contributed by atoms with Crippen LogP contribution in [0.4, 0.5) is 15.9 Å². The molecule has 2 bridgehead atoms. The van der Waals surface area contributed by atoms with Gasteiger partial charge in [0.2, 0.25) is 0 Å². The summed E-state index contributed by atoms with van der Waals surface area (Å²) in [5.74, 6) is 0.751. The summed E-state index contributed by atoms with van der Waals surface area (Å²) in [6.07, 6.45) is 4.00. The molecule has 2 aromatic carbocycles. The molecule has 1 atom stereocenters. The molecule has 8 nitrogen and oxygen atoms in total. The van der Waals surface area contributed by atoms with Gasteiger partial charge < -0.3 is 19.9 Å². The second-order valence-corrected chi connectivity index (χ2v) is 10.1. The molecule has 0 aliphatic carbocycles. The van der Waals surface area contributed by atoms with Gasteiger partial charge in [0.25, 0.3) is 5.88 Å². The predicted octanol–water partition coefficient (Wildman–Crippen LogP) is 4.14. The molecule has 32 heavy (non-hydrogen) atoms. The van der Waals surface area contributed by atoms with Crippen LogP contribution in [0.3, 0.4) is 0 Å². The fourth-order valence-corrected chi connectivity index (χ4v) is 3.88. The highest BCUT2D eigenvalue weighted by Gasteiger charge is 2.20. The number of nitrogen functional groups attached to an aromatic ring is 1. The lowest BCUT2D eigenvalue weighted by atomic mass is 10.1. The second kappa shape index (κ2) is 8.62. The SMILES string of the molecule is C[C@H]1Oc2nc(cnc2N)-c2cc(N=S(C)(C)=O)ccc2OCCOc2ccc(F)cc21. The molecular formula is C22H23FN4O4S. The lowest BCUT2D eigenvalue weighted by Gasteiger charge is -2.18. The topological polar surface area (TPSA) is 109 Å². The standard InChI is InChI=1S/C22H23FN4O4S/c1-13-16-10-14(23)4-6-19(16)29-8-9-30-20-7-5-15(27-32(2,3)28)11-17(20)18-12-25-21(24)22(26-18)31-13/h4-7,10-13H,8-9H2,1-3H3,(H2,24,25)/t13-/m1/s1. The van der Waals surface area contributed by atoms with Crippen molar-refractivity contribution in [3.63, 3.8) is 0 Å². The van der Waals surface area contributed by atoms with Crippen LogP contribution >= 0.6 is 0 Å². The first-order chi connectivity index (χ1) is 15.2. The molecule has 0 radical (unpaired) electrons. The van der Waals surface area contributed by atoms with Crippen LogP contribution in [-0.2, 0) is 9.73 Å². The molecule has 0 spiro atoms. The molecule has 0 amide bonds. The van der Waals surface area contributed by atoms with Gasteiger partial charge in [-0.05, 0) is 43.3 Å². The van der Waals surface area contributed by atoms with E-state index in [0.717, 1.165) is 0 Å². The normalized spacial score (nSPS) is 15.9. The number of fused-ring (bicyclic) bond motifs is 5. The van der Waals surface area contributed by atoms with Gasteiger partial charge in [-0.15, -0.1) is 0 Å². The van der Waals surface area contributed by atoms with Crippen LogP contribution in [0.1, 0.15) is 18.6 Å². The van der Waals surface area contributed by atoms with Gasteiger partial charge in [-0.2, -0.15) is 4.36 Å². The van der Waals surface area contributed by atoms with E-state index in [9.17, 15) is 8.60 Å². The summed E-state index contributed by atoms with van der Waals surface area (Å²) in [7, 11) is -2.36. The fourth-order valence-electron chi connectivity index (χ4n) is 3.26. The molecular weight excluding hydrogens is 435 g/mol. The van der Waals surface area contributed by atoms with E-state index in [1.807, 2.05) is 0 Å². The van der Waals surface area contributed by atoms with Gasteiger partial charge in [0.05, 0.1) is 17.6 Å². The lowest BCUT2D eigenvalue weighted by molar-refractivity contribution is 0.195. The zero-order chi connectivity index (χ0) is 22.9. The summed E-state index contributed by atoms with van der Waals surface area (Å²) < 4.78 is 48.0. The van der Waals surface area contributed by atoms with E-state index in [1.54, 1.807) is 43.7 Å². The molecule has 1 aliphatic heterocycles. The molecule has 0 saturated heterocycles. The van der Waals surface area contributed by atoms with Gasteiger partial charge in [0, 0.05) is 33.4 Å². The van der Waals surface area contributed by atoms with Crippen molar-refractivity contribution in [2.45, 2.75) is 13.0 Å². The molecule has 4 rings (SSSR count). The van der Waals surface area contributed by atoms with Crippen molar-refractivity contribution in [2.75, 3.05) is 31.5 Å².